The van der Waals surface area contributed by atoms with Crippen LogP contribution in [-0.4, -0.2) is 16.5 Å². The summed E-state index contributed by atoms with van der Waals surface area (Å²) in [5.41, 5.74) is 4.11. The van der Waals surface area contributed by atoms with Crippen molar-refractivity contribution < 1.29 is 0 Å². The Kier molecular flexibility index (Phi) is 4.86. The van der Waals surface area contributed by atoms with E-state index in [1.165, 1.54) is 10.6 Å². The normalized spacial score (nSPS) is 11.3. The van der Waals surface area contributed by atoms with Gasteiger partial charge in [0.25, 0.3) is 0 Å². The van der Waals surface area contributed by atoms with Crippen molar-refractivity contribution >= 4 is 22.7 Å². The lowest BCUT2D eigenvalue weighted by Crippen LogP contribution is -2.12. The molecule has 2 aromatic rings. The third-order valence-corrected chi connectivity index (χ3v) is 4.27. The lowest BCUT2D eigenvalue weighted by molar-refractivity contribution is 0.627. The van der Waals surface area contributed by atoms with E-state index >= 15 is 0 Å². The third kappa shape index (κ3) is 3.37. The van der Waals surface area contributed by atoms with Gasteiger partial charge in [0.2, 0.25) is 0 Å². The van der Waals surface area contributed by atoms with E-state index in [2.05, 4.69) is 36.5 Å². The molecule has 0 fully saturated rings. The lowest BCUT2D eigenvalue weighted by Gasteiger charge is -2.04. The summed E-state index contributed by atoms with van der Waals surface area (Å²) in [6, 6.07) is 0. The van der Waals surface area contributed by atoms with Gasteiger partial charge in [0.15, 0.2) is 0 Å². The van der Waals surface area contributed by atoms with E-state index in [4.69, 9.17) is 4.98 Å². The van der Waals surface area contributed by atoms with Crippen LogP contribution in [0, 0.1) is 5.92 Å². The van der Waals surface area contributed by atoms with Gasteiger partial charge in [-0.1, -0.05) is 20.8 Å². The summed E-state index contributed by atoms with van der Waals surface area (Å²) in [4.78, 5) is 10.5. The van der Waals surface area contributed by atoms with Crippen LogP contribution in [0.2, 0.25) is 0 Å². The standard InChI is InChI=1S/C13H19N3S2/c1-4-14-6-12-10(5-9(2)3)16-13(18-12)11-7-17-8-15-11/h7-9,14H,4-6H2,1-3H3. The van der Waals surface area contributed by atoms with Gasteiger partial charge < -0.3 is 5.32 Å². The second-order valence-corrected chi connectivity index (χ2v) is 6.44. The maximum absolute atomic E-state index is 4.77. The highest BCUT2D eigenvalue weighted by molar-refractivity contribution is 7.15. The molecule has 0 unspecified atom stereocenters. The molecule has 0 aliphatic rings. The Balaban J connectivity index is 2.25. The number of hydrogen-bond acceptors (Lipinski definition) is 5. The number of thiazole rings is 2. The van der Waals surface area contributed by atoms with Crippen LogP contribution in [0.25, 0.3) is 10.7 Å². The van der Waals surface area contributed by atoms with Gasteiger partial charge in [-0.05, 0) is 18.9 Å². The molecule has 3 nitrogen and oxygen atoms in total. The van der Waals surface area contributed by atoms with Gasteiger partial charge in [0, 0.05) is 16.8 Å². The first-order chi connectivity index (χ1) is 8.70. The van der Waals surface area contributed by atoms with Gasteiger partial charge in [0.05, 0.1) is 11.2 Å². The second kappa shape index (κ2) is 6.41. The van der Waals surface area contributed by atoms with Crippen molar-refractivity contribution in [1.82, 2.24) is 15.3 Å². The lowest BCUT2D eigenvalue weighted by atomic mass is 10.1. The maximum Gasteiger partial charge on any atom is 0.143 e. The molecular formula is C13H19N3S2. The van der Waals surface area contributed by atoms with E-state index in [1.54, 1.807) is 22.7 Å². The average molecular weight is 281 g/mol. The molecule has 0 radical (unpaired) electrons. The molecule has 2 aromatic heterocycles. The van der Waals surface area contributed by atoms with Crippen LogP contribution in [0.1, 0.15) is 31.3 Å². The molecule has 0 atom stereocenters. The zero-order valence-corrected chi connectivity index (χ0v) is 12.7. The molecule has 0 saturated carbocycles. The summed E-state index contributed by atoms with van der Waals surface area (Å²) in [5, 5.41) is 6.51. The molecule has 0 aromatic carbocycles. The Morgan fingerprint density at radius 3 is 2.83 bits per heavy atom. The van der Waals surface area contributed by atoms with Crippen molar-refractivity contribution in [3.05, 3.63) is 21.5 Å². The maximum atomic E-state index is 4.77. The first-order valence-corrected chi connectivity index (χ1v) is 8.04. The smallest absolute Gasteiger partial charge is 0.143 e. The van der Waals surface area contributed by atoms with Crippen LogP contribution in [0.15, 0.2) is 10.9 Å². The Labute approximate surface area is 116 Å². The van der Waals surface area contributed by atoms with Crippen molar-refractivity contribution in [3.8, 4) is 10.7 Å². The highest BCUT2D eigenvalue weighted by Crippen LogP contribution is 2.29. The zero-order chi connectivity index (χ0) is 13.0. The van der Waals surface area contributed by atoms with E-state index in [0.717, 1.165) is 30.2 Å². The van der Waals surface area contributed by atoms with Crippen LogP contribution in [0.5, 0.6) is 0 Å². The molecular weight excluding hydrogens is 262 g/mol. The molecule has 2 heterocycles. The van der Waals surface area contributed by atoms with Gasteiger partial charge in [-0.3, -0.25) is 0 Å². The fourth-order valence-electron chi connectivity index (χ4n) is 1.73. The summed E-state index contributed by atoms with van der Waals surface area (Å²) in [6.07, 6.45) is 1.04. The SMILES string of the molecule is CCNCc1sc(-c2cscn2)nc1CC(C)C. The largest absolute Gasteiger partial charge is 0.312 e. The summed E-state index contributed by atoms with van der Waals surface area (Å²) >= 11 is 3.39. The fraction of sp³-hybridized carbons (Fsp3) is 0.538. The fourth-order valence-corrected chi connectivity index (χ4v) is 3.37. The monoisotopic (exact) mass is 281 g/mol. The van der Waals surface area contributed by atoms with Gasteiger partial charge in [-0.2, -0.15) is 0 Å². The van der Waals surface area contributed by atoms with Crippen molar-refractivity contribution in [2.45, 2.75) is 33.7 Å². The minimum Gasteiger partial charge on any atom is -0.312 e. The van der Waals surface area contributed by atoms with E-state index in [0.29, 0.717) is 5.92 Å². The van der Waals surface area contributed by atoms with Crippen LogP contribution in [-0.2, 0) is 13.0 Å². The Morgan fingerprint density at radius 2 is 2.22 bits per heavy atom. The van der Waals surface area contributed by atoms with E-state index in [9.17, 15) is 0 Å². The first-order valence-electron chi connectivity index (χ1n) is 6.28. The summed E-state index contributed by atoms with van der Waals surface area (Å²) in [7, 11) is 0. The third-order valence-electron chi connectivity index (χ3n) is 2.57. The summed E-state index contributed by atoms with van der Waals surface area (Å²) in [6.45, 7) is 8.51. The zero-order valence-electron chi connectivity index (χ0n) is 11.1. The number of nitrogens with one attached hydrogen (secondary N) is 1. The molecule has 1 N–H and O–H groups in total. The Hall–Kier alpha value is -0.780. The second-order valence-electron chi connectivity index (χ2n) is 4.64. The average Bonchev–Trinajstić information content (AvgIpc) is 2.94. The molecule has 0 spiro atoms. The van der Waals surface area contributed by atoms with Gasteiger partial charge >= 0.3 is 0 Å². The Bertz CT molecular complexity index is 474. The van der Waals surface area contributed by atoms with Crippen molar-refractivity contribution in [1.29, 1.82) is 0 Å². The molecule has 0 aliphatic heterocycles. The number of nitrogens with zero attached hydrogens (tertiary/aromatic N) is 2. The highest BCUT2D eigenvalue weighted by Gasteiger charge is 2.14. The first kappa shape index (κ1) is 13.6. The van der Waals surface area contributed by atoms with Crippen LogP contribution in [0.4, 0.5) is 0 Å². The van der Waals surface area contributed by atoms with E-state index < -0.39 is 0 Å². The Morgan fingerprint density at radius 1 is 1.39 bits per heavy atom. The van der Waals surface area contributed by atoms with Gasteiger partial charge in [0.1, 0.15) is 10.7 Å². The molecule has 0 saturated heterocycles. The van der Waals surface area contributed by atoms with Crippen molar-refractivity contribution in [2.24, 2.45) is 5.92 Å². The van der Waals surface area contributed by atoms with Crippen LogP contribution in [0.3, 0.4) is 0 Å². The van der Waals surface area contributed by atoms with E-state index in [1.807, 2.05) is 5.51 Å². The predicted octanol–water partition coefficient (Wildman–Crippen LogP) is 3.57. The number of hydrogen-bond donors (Lipinski definition) is 1. The van der Waals surface area contributed by atoms with Gasteiger partial charge in [-0.25, -0.2) is 9.97 Å². The minimum absolute atomic E-state index is 0.635. The molecule has 0 bridgehead atoms. The quantitative estimate of drug-likeness (QED) is 0.879. The van der Waals surface area contributed by atoms with E-state index in [-0.39, 0.29) is 0 Å². The molecule has 2 rings (SSSR count). The highest BCUT2D eigenvalue weighted by atomic mass is 32.1. The molecule has 0 aliphatic carbocycles. The number of rotatable bonds is 6. The molecule has 5 heteroatoms. The minimum atomic E-state index is 0.635. The van der Waals surface area contributed by atoms with Crippen LogP contribution < -0.4 is 5.32 Å². The molecule has 18 heavy (non-hydrogen) atoms. The van der Waals surface area contributed by atoms with Crippen molar-refractivity contribution in [3.63, 3.8) is 0 Å². The van der Waals surface area contributed by atoms with Gasteiger partial charge in [-0.15, -0.1) is 22.7 Å². The topological polar surface area (TPSA) is 37.8 Å². The summed E-state index contributed by atoms with van der Waals surface area (Å²) in [5.74, 6) is 0.635. The number of aromatic nitrogens is 2. The van der Waals surface area contributed by atoms with Crippen molar-refractivity contribution in [2.75, 3.05) is 6.54 Å². The predicted molar refractivity (Wildman–Crippen MR) is 79.1 cm³/mol. The van der Waals surface area contributed by atoms with Crippen LogP contribution >= 0.6 is 22.7 Å². The summed E-state index contributed by atoms with van der Waals surface area (Å²) < 4.78 is 0. The molecule has 0 amide bonds. The molecule has 98 valence electrons.